The molecular weight excluding hydrogens is 460 g/mol. The maximum atomic E-state index is 13.3. The van der Waals surface area contributed by atoms with E-state index in [-0.39, 0.29) is 56.4 Å². The zero-order chi connectivity index (χ0) is 24.9. The van der Waals surface area contributed by atoms with E-state index in [0.717, 1.165) is 0 Å². The molecule has 5 rings (SSSR count). The quantitative estimate of drug-likeness (QED) is 0.364. The van der Waals surface area contributed by atoms with Crippen molar-refractivity contribution in [1.29, 1.82) is 0 Å². The molecule has 0 fully saturated rings. The van der Waals surface area contributed by atoms with Crippen LogP contribution in [0.5, 0.6) is 40.2 Å². The van der Waals surface area contributed by atoms with Gasteiger partial charge in [0.1, 0.15) is 22.5 Å². The van der Waals surface area contributed by atoms with E-state index in [1.165, 1.54) is 45.6 Å². The van der Waals surface area contributed by atoms with Gasteiger partial charge in [0.2, 0.25) is 16.9 Å². The second kappa shape index (κ2) is 8.48. The van der Waals surface area contributed by atoms with Crippen molar-refractivity contribution in [3.05, 3.63) is 52.2 Å². The number of rotatable bonds is 5. The molecule has 0 saturated heterocycles. The molecule has 0 amide bonds. The smallest absolute Gasteiger partial charge is 0.209 e. The summed E-state index contributed by atoms with van der Waals surface area (Å²) < 4.78 is 34.4. The molecule has 10 nitrogen and oxygen atoms in total. The topological polar surface area (TPSA) is 137 Å². The van der Waals surface area contributed by atoms with Gasteiger partial charge in [0, 0.05) is 11.6 Å². The summed E-state index contributed by atoms with van der Waals surface area (Å²) in [4.78, 5) is 13.3. The van der Waals surface area contributed by atoms with Crippen molar-refractivity contribution in [1.82, 2.24) is 0 Å². The summed E-state index contributed by atoms with van der Waals surface area (Å²) in [5, 5.41) is 30.8. The summed E-state index contributed by atoms with van der Waals surface area (Å²) in [5.41, 5.74) is 0.109. The molecule has 35 heavy (non-hydrogen) atoms. The second-order valence-electron chi connectivity index (χ2n) is 7.84. The average molecular weight is 482 g/mol. The Morgan fingerprint density at radius 2 is 1.63 bits per heavy atom. The predicted molar refractivity (Wildman–Crippen MR) is 124 cm³/mol. The van der Waals surface area contributed by atoms with Gasteiger partial charge in [-0.05, 0) is 24.3 Å². The van der Waals surface area contributed by atoms with Gasteiger partial charge in [-0.15, -0.1) is 0 Å². The van der Waals surface area contributed by atoms with E-state index in [9.17, 15) is 20.1 Å². The van der Waals surface area contributed by atoms with Crippen LogP contribution in [-0.4, -0.2) is 49.4 Å². The third kappa shape index (κ3) is 3.41. The van der Waals surface area contributed by atoms with Crippen LogP contribution in [0.1, 0.15) is 11.7 Å². The minimum Gasteiger partial charge on any atom is -0.507 e. The molecule has 3 N–H and O–H groups in total. The Balaban J connectivity index is 1.78. The van der Waals surface area contributed by atoms with E-state index >= 15 is 0 Å². The first kappa shape index (κ1) is 22.5. The number of hydrogen-bond donors (Lipinski definition) is 3. The molecule has 2 atom stereocenters. The first-order valence-electron chi connectivity index (χ1n) is 10.6. The average Bonchev–Trinajstić information content (AvgIpc) is 2.87. The van der Waals surface area contributed by atoms with Gasteiger partial charge in [-0.1, -0.05) is 6.07 Å². The van der Waals surface area contributed by atoms with Crippen LogP contribution in [0.4, 0.5) is 0 Å². The number of fused-ring (bicyclic) bond motifs is 4. The van der Waals surface area contributed by atoms with Crippen LogP contribution < -0.4 is 29.1 Å². The van der Waals surface area contributed by atoms with Gasteiger partial charge in [0.15, 0.2) is 35.0 Å². The number of ether oxygens (including phenoxy) is 5. The Morgan fingerprint density at radius 1 is 0.886 bits per heavy atom. The number of benzene rings is 3. The highest BCUT2D eigenvalue weighted by atomic mass is 16.6. The van der Waals surface area contributed by atoms with Crippen LogP contribution in [0, 0.1) is 0 Å². The molecule has 0 saturated carbocycles. The van der Waals surface area contributed by atoms with E-state index in [1.54, 1.807) is 12.1 Å². The summed E-state index contributed by atoms with van der Waals surface area (Å²) in [6, 6.07) is 8.81. The Bertz CT molecular complexity index is 1510. The van der Waals surface area contributed by atoms with Gasteiger partial charge in [0.25, 0.3) is 0 Å². The first-order chi connectivity index (χ1) is 16.9. The van der Waals surface area contributed by atoms with Gasteiger partial charge in [0.05, 0.1) is 33.3 Å². The number of phenolic OH excluding ortho intramolecular Hbond substituents is 2. The normalized spacial score (nSPS) is 16.9. The molecule has 0 radical (unpaired) electrons. The summed E-state index contributed by atoms with van der Waals surface area (Å²) in [7, 11) is 4.25. The Hall–Kier alpha value is -4.31. The Labute approximate surface area is 198 Å². The van der Waals surface area contributed by atoms with Crippen LogP contribution in [0.3, 0.4) is 0 Å². The highest BCUT2D eigenvalue weighted by molar-refractivity contribution is 5.97. The van der Waals surface area contributed by atoms with Gasteiger partial charge < -0.3 is 43.4 Å². The molecule has 1 aliphatic heterocycles. The minimum absolute atomic E-state index is 0.0188. The van der Waals surface area contributed by atoms with E-state index in [2.05, 4.69) is 0 Å². The molecule has 1 aromatic heterocycles. The number of aromatic hydroxyl groups is 2. The number of methoxy groups -OCH3 is 3. The number of aliphatic hydroxyl groups is 1. The van der Waals surface area contributed by atoms with Crippen molar-refractivity contribution in [2.24, 2.45) is 0 Å². The van der Waals surface area contributed by atoms with Crippen molar-refractivity contribution in [3.8, 4) is 40.2 Å². The third-order valence-electron chi connectivity index (χ3n) is 5.93. The second-order valence-corrected chi connectivity index (χ2v) is 7.84. The summed E-state index contributed by atoms with van der Waals surface area (Å²) in [6.07, 6.45) is -1.90. The molecule has 0 spiro atoms. The van der Waals surface area contributed by atoms with E-state index in [0.29, 0.717) is 11.3 Å². The van der Waals surface area contributed by atoms with Gasteiger partial charge in [-0.3, -0.25) is 4.79 Å². The van der Waals surface area contributed by atoms with Gasteiger partial charge in [-0.25, -0.2) is 0 Å². The van der Waals surface area contributed by atoms with E-state index < -0.39 is 24.2 Å². The van der Waals surface area contributed by atoms with Crippen molar-refractivity contribution in [2.45, 2.75) is 12.2 Å². The van der Waals surface area contributed by atoms with Crippen LogP contribution in [0.25, 0.3) is 21.9 Å². The van der Waals surface area contributed by atoms with E-state index in [4.69, 9.17) is 28.1 Å². The summed E-state index contributed by atoms with van der Waals surface area (Å²) >= 11 is 0. The van der Waals surface area contributed by atoms with Crippen molar-refractivity contribution in [2.75, 3.05) is 27.9 Å². The van der Waals surface area contributed by atoms with Crippen molar-refractivity contribution >= 4 is 21.9 Å². The molecule has 2 heterocycles. The highest BCUT2D eigenvalue weighted by Crippen LogP contribution is 2.51. The first-order valence-corrected chi connectivity index (χ1v) is 10.6. The van der Waals surface area contributed by atoms with Crippen LogP contribution in [0.15, 0.2) is 45.6 Å². The molecule has 0 bridgehead atoms. The molecule has 1 aliphatic rings. The zero-order valence-electron chi connectivity index (χ0n) is 19.0. The lowest BCUT2D eigenvalue weighted by atomic mass is 10.0. The van der Waals surface area contributed by atoms with E-state index in [1.807, 2.05) is 0 Å². The van der Waals surface area contributed by atoms with Crippen molar-refractivity contribution in [3.63, 3.8) is 0 Å². The lowest BCUT2D eigenvalue weighted by Gasteiger charge is -2.34. The molecule has 4 aromatic rings. The van der Waals surface area contributed by atoms with Crippen molar-refractivity contribution < 1.29 is 43.4 Å². The largest absolute Gasteiger partial charge is 0.507 e. The van der Waals surface area contributed by atoms with Crippen LogP contribution >= 0.6 is 0 Å². The number of aliphatic hydroxyl groups excluding tert-OH is 1. The lowest BCUT2D eigenvalue weighted by Crippen LogP contribution is -2.36. The maximum Gasteiger partial charge on any atom is 0.209 e. The lowest BCUT2D eigenvalue weighted by molar-refractivity contribution is -0.0145. The summed E-state index contributed by atoms with van der Waals surface area (Å²) in [5.74, 6) is 0.493. The molecule has 0 aliphatic carbocycles. The maximum absolute atomic E-state index is 13.3. The minimum atomic E-state index is -0.972. The molecule has 10 heteroatoms. The molecular formula is C25H22O10. The molecule has 3 aromatic carbocycles. The standard InChI is InChI=1S/C25H22O10/c1-30-16-9-17(31-2)14(28)7-11(16)22-19(10-26)34-24-18(32-3)8-12-21(29)20-13(27)5-4-6-15(20)33-23(12)25(24)35-22/h4-9,19,22,26-28H,10H2,1-3H3. The number of hydrogen-bond acceptors (Lipinski definition) is 10. The monoisotopic (exact) mass is 482 g/mol. The fourth-order valence-corrected chi connectivity index (χ4v) is 4.26. The van der Waals surface area contributed by atoms with Gasteiger partial charge in [-0.2, -0.15) is 0 Å². The van der Waals surface area contributed by atoms with Crippen LogP contribution in [0.2, 0.25) is 0 Å². The molecule has 182 valence electrons. The van der Waals surface area contributed by atoms with Gasteiger partial charge >= 0.3 is 0 Å². The fraction of sp³-hybridized carbons (Fsp3) is 0.240. The van der Waals surface area contributed by atoms with Crippen LogP contribution in [-0.2, 0) is 0 Å². The number of phenols is 2. The predicted octanol–water partition coefficient (Wildman–Crippen LogP) is 3.26. The fourth-order valence-electron chi connectivity index (χ4n) is 4.26. The third-order valence-corrected chi connectivity index (χ3v) is 5.93. The SMILES string of the molecule is COc1cc(OC)c(C2Oc3c(c(OC)cc4c(=O)c5c(O)cccc5oc34)OC2CO)cc1O. The Kier molecular flexibility index (Phi) is 5.45. The Morgan fingerprint density at radius 3 is 2.31 bits per heavy atom. The molecule has 2 unspecified atom stereocenters. The summed E-state index contributed by atoms with van der Waals surface area (Å²) in [6.45, 7) is -0.448. The zero-order valence-corrected chi connectivity index (χ0v) is 19.0. The highest BCUT2D eigenvalue weighted by Gasteiger charge is 2.39.